The zero-order valence-corrected chi connectivity index (χ0v) is 24.5. The molecule has 0 bridgehead atoms. The molecule has 0 aliphatic rings. The number of rotatable bonds is 9. The van der Waals surface area contributed by atoms with Crippen molar-refractivity contribution in [2.75, 3.05) is 0 Å². The molecule has 0 atom stereocenters. The summed E-state index contributed by atoms with van der Waals surface area (Å²) in [6, 6.07) is 34.8. The normalized spacial score (nSPS) is 11.8. The maximum absolute atomic E-state index is 4.29. The zero-order valence-electron chi connectivity index (χ0n) is 24.5. The van der Waals surface area contributed by atoms with Gasteiger partial charge in [0, 0.05) is 0 Å². The summed E-state index contributed by atoms with van der Waals surface area (Å²) < 4.78 is 0. The van der Waals surface area contributed by atoms with E-state index in [9.17, 15) is 0 Å². The van der Waals surface area contributed by atoms with Gasteiger partial charge in [-0.1, -0.05) is 154 Å². The van der Waals surface area contributed by atoms with E-state index in [0.29, 0.717) is 0 Å². The maximum Gasteiger partial charge on any atom is -0.00264 e. The van der Waals surface area contributed by atoms with Crippen molar-refractivity contribution in [1.29, 1.82) is 0 Å². The van der Waals surface area contributed by atoms with E-state index in [-0.39, 0.29) is 0 Å². The molecule has 0 spiro atoms. The summed E-state index contributed by atoms with van der Waals surface area (Å²) in [5.41, 5.74) is 13.6. The minimum atomic E-state index is 1.07. The Labute approximate surface area is 250 Å². The van der Waals surface area contributed by atoms with E-state index in [4.69, 9.17) is 0 Å². The van der Waals surface area contributed by atoms with Gasteiger partial charge in [-0.05, 0) is 97.5 Å². The lowest BCUT2D eigenvalue weighted by Gasteiger charge is -2.21. The van der Waals surface area contributed by atoms with Crippen molar-refractivity contribution in [3.63, 3.8) is 0 Å². The standard InChI is InChI=1S/C42H36/c1-7-29(8-2)32-18-22-34(23-19-32)41-37(11-5)38(12-6)42(35-24-20-33(21-25-35)30(9-3)10-4)40-28-36(26-27-39(40)41)31-16-14-13-15-17-31/h7-28H,1,3,5-6H2,2,4H3/b29-8+,30-10+. The maximum atomic E-state index is 4.29. The van der Waals surface area contributed by atoms with Crippen LogP contribution in [0.5, 0.6) is 0 Å². The Balaban J connectivity index is 1.85. The molecule has 0 amide bonds. The molecule has 0 heteroatoms. The lowest BCUT2D eigenvalue weighted by atomic mass is 9.82. The quantitative estimate of drug-likeness (QED) is 0.163. The van der Waals surface area contributed by atoms with Crippen molar-refractivity contribution in [2.24, 2.45) is 0 Å². The first-order chi connectivity index (χ1) is 20.6. The lowest BCUT2D eigenvalue weighted by Crippen LogP contribution is -1.97. The number of hydrogen-bond acceptors (Lipinski definition) is 0. The Morgan fingerprint density at radius 2 is 0.929 bits per heavy atom. The molecule has 5 rings (SSSR count). The molecule has 0 heterocycles. The van der Waals surface area contributed by atoms with Gasteiger partial charge in [0.05, 0.1) is 0 Å². The minimum Gasteiger partial charge on any atom is -0.0985 e. The topological polar surface area (TPSA) is 0 Å². The van der Waals surface area contributed by atoms with Gasteiger partial charge in [0.25, 0.3) is 0 Å². The fourth-order valence-electron chi connectivity index (χ4n) is 5.85. The van der Waals surface area contributed by atoms with Crippen LogP contribution in [0.15, 0.2) is 148 Å². The molecule has 0 nitrogen and oxygen atoms in total. The third-order valence-electron chi connectivity index (χ3n) is 7.98. The highest BCUT2D eigenvalue weighted by Crippen LogP contribution is 2.44. The molecule has 0 radical (unpaired) electrons. The van der Waals surface area contributed by atoms with Crippen LogP contribution in [0, 0.1) is 0 Å². The van der Waals surface area contributed by atoms with Crippen LogP contribution < -0.4 is 0 Å². The van der Waals surface area contributed by atoms with Crippen LogP contribution in [-0.2, 0) is 0 Å². The lowest BCUT2D eigenvalue weighted by molar-refractivity contribution is 1.54. The molecule has 0 saturated carbocycles. The largest absolute Gasteiger partial charge is 0.0985 e. The highest BCUT2D eigenvalue weighted by molar-refractivity contribution is 6.12. The molecule has 204 valence electrons. The second-order valence-electron chi connectivity index (χ2n) is 10.2. The monoisotopic (exact) mass is 540 g/mol. The van der Waals surface area contributed by atoms with Crippen LogP contribution in [0.4, 0.5) is 0 Å². The van der Waals surface area contributed by atoms with Crippen LogP contribution in [-0.4, -0.2) is 0 Å². The van der Waals surface area contributed by atoms with E-state index in [2.05, 4.69) is 136 Å². The molecular weight excluding hydrogens is 504 g/mol. The second kappa shape index (κ2) is 12.5. The molecule has 0 aliphatic heterocycles. The van der Waals surface area contributed by atoms with E-state index in [0.717, 1.165) is 55.7 Å². The van der Waals surface area contributed by atoms with E-state index in [1.165, 1.54) is 21.9 Å². The van der Waals surface area contributed by atoms with Crippen molar-refractivity contribution < 1.29 is 0 Å². The van der Waals surface area contributed by atoms with Gasteiger partial charge in [0.2, 0.25) is 0 Å². The van der Waals surface area contributed by atoms with Crippen molar-refractivity contribution in [2.45, 2.75) is 13.8 Å². The zero-order chi connectivity index (χ0) is 29.6. The molecule has 42 heavy (non-hydrogen) atoms. The molecule has 0 aliphatic carbocycles. The smallest absolute Gasteiger partial charge is 0.00264 e. The number of hydrogen-bond donors (Lipinski definition) is 0. The van der Waals surface area contributed by atoms with Crippen LogP contribution in [0.1, 0.15) is 36.1 Å². The SMILES string of the molecule is C=C/C(=C\C)c1ccc(-c2c(C=C)c(C=C)c(-c3ccc(/C(C=C)=C/C)cc3)c3cc(-c4ccccc4)ccc23)cc1. The van der Waals surface area contributed by atoms with E-state index >= 15 is 0 Å². The van der Waals surface area contributed by atoms with Crippen molar-refractivity contribution in [3.8, 4) is 33.4 Å². The van der Waals surface area contributed by atoms with Gasteiger partial charge in [-0.15, -0.1) is 0 Å². The summed E-state index contributed by atoms with van der Waals surface area (Å²) in [5, 5.41) is 2.36. The van der Waals surface area contributed by atoms with Crippen molar-refractivity contribution in [3.05, 3.63) is 170 Å². The summed E-state index contributed by atoms with van der Waals surface area (Å²) in [5.74, 6) is 0. The summed E-state index contributed by atoms with van der Waals surface area (Å²) in [6.45, 7) is 20.6. The van der Waals surface area contributed by atoms with E-state index in [1.54, 1.807) is 0 Å². The summed E-state index contributed by atoms with van der Waals surface area (Å²) in [4.78, 5) is 0. The average molecular weight is 541 g/mol. The van der Waals surface area contributed by atoms with Crippen molar-refractivity contribution >= 4 is 34.1 Å². The number of fused-ring (bicyclic) bond motifs is 1. The number of benzene rings is 5. The van der Waals surface area contributed by atoms with Gasteiger partial charge in [-0.3, -0.25) is 0 Å². The highest BCUT2D eigenvalue weighted by Gasteiger charge is 2.20. The van der Waals surface area contributed by atoms with Crippen LogP contribution in [0.25, 0.3) is 67.5 Å². The Morgan fingerprint density at radius 3 is 1.36 bits per heavy atom. The van der Waals surface area contributed by atoms with Gasteiger partial charge < -0.3 is 0 Å². The average Bonchev–Trinajstić information content (AvgIpc) is 3.05. The Kier molecular flexibility index (Phi) is 8.46. The van der Waals surface area contributed by atoms with Gasteiger partial charge >= 0.3 is 0 Å². The third-order valence-corrected chi connectivity index (χ3v) is 7.98. The molecule has 0 aromatic heterocycles. The third kappa shape index (κ3) is 5.16. The first-order valence-electron chi connectivity index (χ1n) is 14.3. The molecule has 5 aromatic carbocycles. The fraction of sp³-hybridized carbons (Fsp3) is 0.0476. The fourth-order valence-corrected chi connectivity index (χ4v) is 5.85. The summed E-state index contributed by atoms with van der Waals surface area (Å²) in [7, 11) is 0. The molecule has 0 fully saturated rings. The number of allylic oxidation sites excluding steroid dienone is 6. The predicted molar refractivity (Wildman–Crippen MR) is 188 cm³/mol. The Hall–Kier alpha value is -5.20. The van der Waals surface area contributed by atoms with Gasteiger partial charge in [-0.2, -0.15) is 0 Å². The first-order valence-corrected chi connectivity index (χ1v) is 14.3. The van der Waals surface area contributed by atoms with E-state index in [1.807, 2.05) is 38.2 Å². The Morgan fingerprint density at radius 1 is 0.476 bits per heavy atom. The van der Waals surface area contributed by atoms with Gasteiger partial charge in [0.15, 0.2) is 0 Å². The van der Waals surface area contributed by atoms with Crippen LogP contribution >= 0.6 is 0 Å². The molecular formula is C42H36. The van der Waals surface area contributed by atoms with Crippen molar-refractivity contribution in [1.82, 2.24) is 0 Å². The first kappa shape index (κ1) is 28.3. The van der Waals surface area contributed by atoms with E-state index < -0.39 is 0 Å². The minimum absolute atomic E-state index is 1.07. The van der Waals surface area contributed by atoms with Crippen LogP contribution in [0.3, 0.4) is 0 Å². The van der Waals surface area contributed by atoms with Gasteiger partial charge in [0.1, 0.15) is 0 Å². The predicted octanol–water partition coefficient (Wildman–Crippen LogP) is 12.3. The molecule has 0 unspecified atom stereocenters. The molecule has 5 aromatic rings. The van der Waals surface area contributed by atoms with Crippen LogP contribution in [0.2, 0.25) is 0 Å². The summed E-state index contributed by atoms with van der Waals surface area (Å²) >= 11 is 0. The molecule has 0 N–H and O–H groups in total. The highest BCUT2D eigenvalue weighted by atomic mass is 14.2. The van der Waals surface area contributed by atoms with Gasteiger partial charge in [-0.25, -0.2) is 0 Å². The second-order valence-corrected chi connectivity index (χ2v) is 10.2. The molecule has 0 saturated heterocycles. The summed E-state index contributed by atoms with van der Waals surface area (Å²) in [6.07, 6.45) is 11.9. The Bertz CT molecular complexity index is 1860.